The topological polar surface area (TPSA) is 91.8 Å². The fraction of sp³-hybridized carbons (Fsp3) is 0.435. The Hall–Kier alpha value is -3.18. The summed E-state index contributed by atoms with van der Waals surface area (Å²) in [7, 11) is -0.938. The number of carbonyl (C=O) groups is 1. The summed E-state index contributed by atoms with van der Waals surface area (Å²) in [5.41, 5.74) is 1.38. The summed E-state index contributed by atoms with van der Waals surface area (Å²) in [6.45, 7) is 10.9. The molecule has 1 radical (unpaired) electrons. The molecule has 0 unspecified atom stereocenters. The minimum absolute atomic E-state index is 0.113. The van der Waals surface area contributed by atoms with E-state index in [1.54, 1.807) is 22.8 Å². The number of amides is 1. The van der Waals surface area contributed by atoms with Gasteiger partial charge < -0.3 is 18.4 Å². The molecule has 3 heterocycles. The molecule has 1 amide bonds. The summed E-state index contributed by atoms with van der Waals surface area (Å²) in [6, 6.07) is 6.22. The van der Waals surface area contributed by atoms with Crippen LogP contribution in [-0.4, -0.2) is 49.1 Å². The molecule has 181 valence electrons. The van der Waals surface area contributed by atoms with Crippen LogP contribution < -0.4 is 9.64 Å². The number of carbonyl (C=O) groups excluding carboxylic acids is 1. The Morgan fingerprint density at radius 2 is 2.06 bits per heavy atom. The minimum Gasteiger partial charge on any atom is -0.471 e. The molecule has 0 N–H and O–H groups in total. The zero-order chi connectivity index (χ0) is 24.5. The molecule has 4 rings (SSSR count). The maximum Gasteiger partial charge on any atom is 0.414 e. The highest BCUT2D eigenvalue weighted by molar-refractivity contribution is 6.48. The largest absolute Gasteiger partial charge is 0.471 e. The van der Waals surface area contributed by atoms with Crippen LogP contribution in [0, 0.1) is 5.82 Å². The van der Waals surface area contributed by atoms with Crippen LogP contribution in [0.1, 0.15) is 32.3 Å². The molecule has 1 fully saturated rings. The highest BCUT2D eigenvalue weighted by Gasteiger charge is 2.33. The van der Waals surface area contributed by atoms with Gasteiger partial charge >= 0.3 is 6.09 Å². The van der Waals surface area contributed by atoms with Gasteiger partial charge in [0.2, 0.25) is 9.04 Å². The number of halogens is 1. The smallest absolute Gasteiger partial charge is 0.414 e. The van der Waals surface area contributed by atoms with Crippen LogP contribution in [0.2, 0.25) is 13.1 Å². The molecule has 0 bridgehead atoms. The van der Waals surface area contributed by atoms with Crippen molar-refractivity contribution in [1.29, 1.82) is 0 Å². The molecule has 1 aliphatic rings. The van der Waals surface area contributed by atoms with E-state index in [-0.39, 0.29) is 18.6 Å². The van der Waals surface area contributed by atoms with E-state index < -0.39 is 27.1 Å². The maximum absolute atomic E-state index is 15.3. The summed E-state index contributed by atoms with van der Waals surface area (Å²) in [4.78, 5) is 18.5. The third kappa shape index (κ3) is 5.31. The van der Waals surface area contributed by atoms with Crippen LogP contribution in [0.3, 0.4) is 0 Å². The molecule has 11 heteroatoms. The highest BCUT2D eigenvalue weighted by atomic mass is 28.3. The third-order valence-electron chi connectivity index (χ3n) is 5.25. The number of rotatable bonds is 8. The number of aromatic nitrogens is 3. The Labute approximate surface area is 199 Å². The van der Waals surface area contributed by atoms with Crippen molar-refractivity contribution >= 4 is 20.8 Å². The van der Waals surface area contributed by atoms with Crippen molar-refractivity contribution in [2.24, 2.45) is 0 Å². The van der Waals surface area contributed by atoms with Gasteiger partial charge in [0.1, 0.15) is 24.5 Å². The zero-order valence-corrected chi connectivity index (χ0v) is 20.9. The molecule has 1 atom stereocenters. The minimum atomic E-state index is -0.938. The van der Waals surface area contributed by atoms with Gasteiger partial charge in [-0.3, -0.25) is 9.47 Å². The average molecular weight is 488 g/mol. The molecule has 1 saturated heterocycles. The molecular formula is C23H28FN4O5Si. The van der Waals surface area contributed by atoms with Crippen molar-refractivity contribution in [3.05, 3.63) is 54.1 Å². The van der Waals surface area contributed by atoms with E-state index in [9.17, 15) is 4.79 Å². The number of imidazole rings is 1. The van der Waals surface area contributed by atoms with E-state index in [1.165, 1.54) is 17.2 Å². The fourth-order valence-electron chi connectivity index (χ4n) is 3.43. The Balaban J connectivity index is 1.54. The number of hydrogen-bond acceptors (Lipinski definition) is 7. The Morgan fingerprint density at radius 1 is 1.26 bits per heavy atom. The summed E-state index contributed by atoms with van der Waals surface area (Å²) >= 11 is 0. The molecule has 0 saturated carbocycles. The second kappa shape index (κ2) is 9.59. The van der Waals surface area contributed by atoms with Crippen molar-refractivity contribution in [3.8, 4) is 11.6 Å². The van der Waals surface area contributed by atoms with Gasteiger partial charge in [-0.25, -0.2) is 14.2 Å². The summed E-state index contributed by atoms with van der Waals surface area (Å²) in [5.74, 6) is 0.456. The first-order valence-corrected chi connectivity index (χ1v) is 13.4. The van der Waals surface area contributed by atoms with Crippen molar-refractivity contribution in [2.75, 3.05) is 18.1 Å². The van der Waals surface area contributed by atoms with Crippen LogP contribution in [-0.2, 0) is 21.2 Å². The van der Waals surface area contributed by atoms with Gasteiger partial charge in [0, 0.05) is 17.7 Å². The molecule has 2 aromatic heterocycles. The molecule has 9 nitrogen and oxygen atoms in total. The first-order valence-electron chi connectivity index (χ1n) is 10.9. The van der Waals surface area contributed by atoms with E-state index in [1.807, 2.05) is 19.3 Å². The number of anilines is 1. The van der Waals surface area contributed by atoms with Gasteiger partial charge in [0.05, 0.1) is 30.2 Å². The van der Waals surface area contributed by atoms with Crippen LogP contribution in [0.5, 0.6) is 5.88 Å². The van der Waals surface area contributed by atoms with Gasteiger partial charge in [-0.1, -0.05) is 20.8 Å². The number of hydrogen-bond donors (Lipinski definition) is 0. The van der Waals surface area contributed by atoms with Gasteiger partial charge in [-0.2, -0.15) is 0 Å². The summed E-state index contributed by atoms with van der Waals surface area (Å²) in [5, 5.41) is 3.65. The molecule has 1 aliphatic heterocycles. The molecule has 34 heavy (non-hydrogen) atoms. The highest BCUT2D eigenvalue weighted by Crippen LogP contribution is 2.29. The predicted molar refractivity (Wildman–Crippen MR) is 124 cm³/mol. The number of benzene rings is 1. The summed E-state index contributed by atoms with van der Waals surface area (Å²) < 4.78 is 38.4. The predicted octanol–water partition coefficient (Wildman–Crippen LogP) is 4.47. The van der Waals surface area contributed by atoms with Crippen LogP contribution >= 0.6 is 0 Å². The second-order valence-electron chi connectivity index (χ2n) is 9.26. The first-order chi connectivity index (χ1) is 16.1. The molecular weight excluding hydrogens is 459 g/mol. The van der Waals surface area contributed by atoms with E-state index >= 15 is 4.39 Å². The second-order valence-corrected chi connectivity index (χ2v) is 11.4. The van der Waals surface area contributed by atoms with Crippen molar-refractivity contribution in [2.45, 2.75) is 52.0 Å². The monoisotopic (exact) mass is 487 g/mol. The van der Waals surface area contributed by atoms with Gasteiger partial charge in [0.25, 0.3) is 5.88 Å². The average Bonchev–Trinajstić information content (AvgIpc) is 3.50. The molecule has 0 spiro atoms. The number of ether oxygens (including phenoxy) is 2. The Morgan fingerprint density at radius 3 is 2.71 bits per heavy atom. The number of nitrogens with zero attached hydrogens (tertiary/aromatic N) is 4. The Kier molecular flexibility index (Phi) is 6.76. The van der Waals surface area contributed by atoms with Gasteiger partial charge in [0.15, 0.2) is 6.10 Å². The lowest BCUT2D eigenvalue weighted by molar-refractivity contribution is 0.102. The quantitative estimate of drug-likeness (QED) is 0.433. The van der Waals surface area contributed by atoms with E-state index in [0.717, 1.165) is 5.69 Å². The van der Waals surface area contributed by atoms with Crippen molar-refractivity contribution in [1.82, 2.24) is 14.7 Å². The fourth-order valence-corrected chi connectivity index (χ4v) is 3.85. The number of cyclic esters (lactones) is 1. The van der Waals surface area contributed by atoms with Gasteiger partial charge in [-0.05, 0) is 36.4 Å². The SMILES string of the molecule is C[Si](C)OCc1nc(C(C)(C)C)cn1-c1ccc(N2C[C@H](COc3ccon3)OC2=O)cc1F. The molecule has 0 aliphatic carbocycles. The van der Waals surface area contributed by atoms with E-state index in [4.69, 9.17) is 23.4 Å². The lowest BCUT2D eigenvalue weighted by Crippen LogP contribution is -2.26. The van der Waals surface area contributed by atoms with Crippen molar-refractivity contribution < 1.29 is 27.6 Å². The third-order valence-corrected chi connectivity index (χ3v) is 5.97. The Bertz CT molecular complexity index is 1140. The van der Waals surface area contributed by atoms with Crippen LogP contribution in [0.15, 0.2) is 41.2 Å². The lowest BCUT2D eigenvalue weighted by atomic mass is 9.93. The zero-order valence-electron chi connectivity index (χ0n) is 19.9. The molecule has 3 aromatic rings. The lowest BCUT2D eigenvalue weighted by Gasteiger charge is -2.16. The first kappa shape index (κ1) is 24.0. The van der Waals surface area contributed by atoms with E-state index in [2.05, 4.69) is 25.9 Å². The van der Waals surface area contributed by atoms with Gasteiger partial charge in [-0.15, -0.1) is 0 Å². The van der Waals surface area contributed by atoms with Crippen LogP contribution in [0.25, 0.3) is 5.69 Å². The summed E-state index contributed by atoms with van der Waals surface area (Å²) in [6.07, 6.45) is 2.15. The maximum atomic E-state index is 15.3. The van der Waals surface area contributed by atoms with E-state index in [0.29, 0.717) is 29.7 Å². The normalized spacial score (nSPS) is 16.4. The standard InChI is InChI=1S/C23H28FN4O5Si/c1-23(2,3)19-12-28(20(25-19)14-32-34(4)5)18-7-6-15(10-17(18)24)27-11-16(33-22(27)29)13-30-21-8-9-31-26-21/h6-10,12,16H,11,13-14H2,1-5H3/t16-/m1/s1. The van der Waals surface area contributed by atoms with Crippen molar-refractivity contribution in [3.63, 3.8) is 0 Å². The van der Waals surface area contributed by atoms with Crippen LogP contribution in [0.4, 0.5) is 14.9 Å². The molecule has 1 aromatic carbocycles.